The zero-order valence-electron chi connectivity index (χ0n) is 15.6. The smallest absolute Gasteiger partial charge is 0.214 e. The largest absolute Gasteiger partial charge is 0.477 e. The molecule has 0 unspecified atom stereocenters. The van der Waals surface area contributed by atoms with E-state index >= 15 is 0 Å². The van der Waals surface area contributed by atoms with E-state index in [0.717, 1.165) is 18.2 Å². The van der Waals surface area contributed by atoms with E-state index in [-0.39, 0.29) is 11.5 Å². The number of aliphatic hydroxyl groups is 2. The molecule has 0 amide bonds. The first kappa shape index (κ1) is 18.6. The van der Waals surface area contributed by atoms with Crippen LogP contribution in [0.5, 0.6) is 5.88 Å². The van der Waals surface area contributed by atoms with E-state index in [9.17, 15) is 10.2 Å². The van der Waals surface area contributed by atoms with Gasteiger partial charge in [0, 0.05) is 17.7 Å². The lowest BCUT2D eigenvalue weighted by Gasteiger charge is -2.47. The van der Waals surface area contributed by atoms with E-state index in [0.29, 0.717) is 41.4 Å². The number of nitrogens with zero attached hydrogens (tertiary/aromatic N) is 4. The van der Waals surface area contributed by atoms with Gasteiger partial charge in [0.2, 0.25) is 5.88 Å². The minimum Gasteiger partial charge on any atom is -0.477 e. The average Bonchev–Trinajstić information content (AvgIpc) is 3.21. The summed E-state index contributed by atoms with van der Waals surface area (Å²) in [5.41, 5.74) is 6.29. The molecular weight excluding hydrogens is 394 g/mol. The quantitative estimate of drug-likeness (QED) is 0.559. The fraction of sp³-hybridized carbons (Fsp3) is 0.450. The Hall–Kier alpha value is -2.42. The summed E-state index contributed by atoms with van der Waals surface area (Å²) in [6.45, 7) is 0.513. The van der Waals surface area contributed by atoms with Crippen LogP contribution in [0.15, 0.2) is 36.8 Å². The van der Waals surface area contributed by atoms with Crippen LogP contribution in [0.3, 0.4) is 0 Å². The van der Waals surface area contributed by atoms with E-state index in [1.807, 2.05) is 16.8 Å². The Morgan fingerprint density at radius 2 is 2.03 bits per heavy atom. The number of rotatable bonds is 4. The van der Waals surface area contributed by atoms with Crippen molar-refractivity contribution in [2.75, 3.05) is 12.3 Å². The average molecular weight is 416 g/mol. The normalized spacial score (nSPS) is 31.3. The fourth-order valence-corrected chi connectivity index (χ4v) is 5.20. The number of nitrogens with two attached hydrogens (primary N) is 1. The van der Waals surface area contributed by atoms with Crippen LogP contribution in [-0.4, -0.2) is 48.5 Å². The van der Waals surface area contributed by atoms with Crippen molar-refractivity contribution in [1.29, 1.82) is 0 Å². The molecule has 152 valence electrons. The van der Waals surface area contributed by atoms with Gasteiger partial charge in [-0.25, -0.2) is 15.0 Å². The molecule has 2 aliphatic rings. The first-order valence-electron chi connectivity index (χ1n) is 9.65. The molecule has 0 aliphatic heterocycles. The second-order valence-corrected chi connectivity index (χ2v) is 8.56. The molecule has 5 rings (SSSR count). The lowest BCUT2D eigenvalue weighted by molar-refractivity contribution is -0.0918. The number of fused-ring (bicyclic) bond motifs is 1. The van der Waals surface area contributed by atoms with Gasteiger partial charge in [-0.1, -0.05) is 17.7 Å². The summed E-state index contributed by atoms with van der Waals surface area (Å²) in [6, 6.07) is 6.87. The van der Waals surface area contributed by atoms with E-state index in [1.54, 1.807) is 18.2 Å². The van der Waals surface area contributed by atoms with Crippen molar-refractivity contribution in [3.8, 4) is 5.88 Å². The molecule has 0 radical (unpaired) electrons. The van der Waals surface area contributed by atoms with E-state index in [1.165, 1.54) is 6.33 Å². The van der Waals surface area contributed by atoms with Gasteiger partial charge in [0.25, 0.3) is 0 Å². The lowest BCUT2D eigenvalue weighted by Crippen LogP contribution is -2.47. The lowest BCUT2D eigenvalue weighted by atomic mass is 9.60. The molecule has 3 atom stereocenters. The minimum absolute atomic E-state index is 0.256. The van der Waals surface area contributed by atoms with Crippen molar-refractivity contribution < 1.29 is 14.9 Å². The van der Waals surface area contributed by atoms with Crippen LogP contribution in [0.4, 0.5) is 5.82 Å². The summed E-state index contributed by atoms with van der Waals surface area (Å²) in [4.78, 5) is 12.5. The van der Waals surface area contributed by atoms with Crippen molar-refractivity contribution in [2.24, 2.45) is 11.3 Å². The van der Waals surface area contributed by atoms with Gasteiger partial charge in [0.1, 0.15) is 29.0 Å². The van der Waals surface area contributed by atoms with Gasteiger partial charge in [-0.3, -0.25) is 0 Å². The maximum atomic E-state index is 10.8. The number of hydrogen-bond donors (Lipinski definition) is 3. The summed E-state index contributed by atoms with van der Waals surface area (Å²) in [5.74, 6) is 1.21. The molecule has 2 saturated carbocycles. The molecule has 1 spiro atoms. The van der Waals surface area contributed by atoms with Crippen LogP contribution in [-0.2, 0) is 0 Å². The van der Waals surface area contributed by atoms with Gasteiger partial charge in [-0.15, -0.1) is 0 Å². The summed E-state index contributed by atoms with van der Waals surface area (Å²) in [7, 11) is 0. The maximum Gasteiger partial charge on any atom is 0.214 e. The first-order chi connectivity index (χ1) is 14.0. The van der Waals surface area contributed by atoms with Gasteiger partial charge in [-0.05, 0) is 37.3 Å². The highest BCUT2D eigenvalue weighted by atomic mass is 35.5. The Labute approximate surface area is 172 Å². The number of aromatic nitrogens is 4. The van der Waals surface area contributed by atoms with E-state index < -0.39 is 12.2 Å². The van der Waals surface area contributed by atoms with E-state index in [2.05, 4.69) is 15.0 Å². The van der Waals surface area contributed by atoms with Crippen LogP contribution in [0.25, 0.3) is 11.0 Å². The van der Waals surface area contributed by atoms with Gasteiger partial charge in [-0.2, -0.15) is 0 Å². The zero-order valence-corrected chi connectivity index (χ0v) is 16.4. The molecule has 2 aliphatic carbocycles. The topological polar surface area (TPSA) is 119 Å². The molecule has 0 aromatic carbocycles. The second-order valence-electron chi connectivity index (χ2n) is 8.17. The minimum atomic E-state index is -0.863. The summed E-state index contributed by atoms with van der Waals surface area (Å²) in [5, 5.41) is 22.7. The Kier molecular flexibility index (Phi) is 4.38. The van der Waals surface area contributed by atoms with Gasteiger partial charge in [0.15, 0.2) is 0 Å². The summed E-state index contributed by atoms with van der Waals surface area (Å²) < 4.78 is 7.66. The maximum absolute atomic E-state index is 10.8. The number of ether oxygens (including phenoxy) is 1. The van der Waals surface area contributed by atoms with Crippen molar-refractivity contribution in [2.45, 2.75) is 37.5 Å². The molecule has 4 N–H and O–H groups in total. The number of halogens is 1. The Bertz CT molecular complexity index is 1050. The number of pyridine rings is 1. The number of aliphatic hydroxyl groups excluding tert-OH is 2. The number of hydrogen-bond acceptors (Lipinski definition) is 7. The molecule has 0 saturated heterocycles. The Balaban J connectivity index is 1.29. The molecule has 3 aromatic heterocycles. The number of nitrogen functional groups attached to an aromatic ring is 1. The third-order valence-electron chi connectivity index (χ3n) is 6.41. The molecule has 3 heterocycles. The Morgan fingerprint density at radius 1 is 1.21 bits per heavy atom. The van der Waals surface area contributed by atoms with Gasteiger partial charge < -0.3 is 25.3 Å². The molecular formula is C20H22ClN5O3. The van der Waals surface area contributed by atoms with Crippen LogP contribution in [0.2, 0.25) is 5.15 Å². The Morgan fingerprint density at radius 3 is 2.83 bits per heavy atom. The van der Waals surface area contributed by atoms with Crippen molar-refractivity contribution in [3.63, 3.8) is 0 Å². The van der Waals surface area contributed by atoms with Crippen LogP contribution in [0.1, 0.15) is 25.3 Å². The highest BCUT2D eigenvalue weighted by Crippen LogP contribution is 2.59. The SMILES string of the molecule is Nc1ncnc2c1ccn2[C@@H]1CC2(CC(COc3cccc(Cl)n3)C2)[C@@H](O)[C@H]1O. The first-order valence-corrected chi connectivity index (χ1v) is 10.0. The van der Waals surface area contributed by atoms with Crippen LogP contribution < -0.4 is 10.5 Å². The summed E-state index contributed by atoms with van der Waals surface area (Å²) in [6.07, 6.45) is 3.89. The van der Waals surface area contributed by atoms with Crippen molar-refractivity contribution >= 4 is 28.5 Å². The molecule has 8 nitrogen and oxygen atoms in total. The third kappa shape index (κ3) is 3.02. The zero-order chi connectivity index (χ0) is 20.2. The van der Waals surface area contributed by atoms with Crippen molar-refractivity contribution in [1.82, 2.24) is 19.5 Å². The highest BCUT2D eigenvalue weighted by molar-refractivity contribution is 6.29. The molecule has 3 aromatic rings. The van der Waals surface area contributed by atoms with E-state index in [4.69, 9.17) is 22.1 Å². The standard InChI is InChI=1S/C20H22ClN5O3/c21-14-2-1-3-15(25-14)29-9-11-6-20(7-11)8-13(16(27)17(20)28)26-5-4-12-18(22)23-10-24-19(12)26/h1-5,10-11,13,16-17,27-28H,6-9H2,(H2,22,23,24)/t11?,13-,16+,17+,20?/m1/s1. The summed E-state index contributed by atoms with van der Waals surface area (Å²) >= 11 is 5.89. The van der Waals surface area contributed by atoms with Gasteiger partial charge in [0.05, 0.1) is 24.1 Å². The third-order valence-corrected chi connectivity index (χ3v) is 6.62. The predicted octanol–water partition coefficient (Wildman–Crippen LogP) is 2.20. The predicted molar refractivity (Wildman–Crippen MR) is 108 cm³/mol. The monoisotopic (exact) mass is 415 g/mol. The van der Waals surface area contributed by atoms with Crippen LogP contribution in [0, 0.1) is 11.3 Å². The highest BCUT2D eigenvalue weighted by Gasteiger charge is 2.59. The van der Waals surface area contributed by atoms with Crippen LogP contribution >= 0.6 is 11.6 Å². The fourth-order valence-electron chi connectivity index (χ4n) is 5.04. The second kappa shape index (κ2) is 6.83. The molecule has 0 bridgehead atoms. The number of anilines is 1. The van der Waals surface area contributed by atoms with Gasteiger partial charge >= 0.3 is 0 Å². The molecule has 29 heavy (non-hydrogen) atoms. The molecule has 9 heteroatoms. The molecule has 2 fully saturated rings. The van der Waals surface area contributed by atoms with Crippen molar-refractivity contribution in [3.05, 3.63) is 41.9 Å².